The fourth-order valence-corrected chi connectivity index (χ4v) is 2.59. The summed E-state index contributed by atoms with van der Waals surface area (Å²) in [4.78, 5) is 6.04. The van der Waals surface area contributed by atoms with Crippen molar-refractivity contribution in [2.24, 2.45) is 10.9 Å². The summed E-state index contributed by atoms with van der Waals surface area (Å²) in [5.74, 6) is 0.286. The van der Waals surface area contributed by atoms with Gasteiger partial charge in [-0.15, -0.1) is 0 Å². The highest BCUT2D eigenvalue weighted by atomic mass is 15.2. The molecular weight excluding hydrogens is 248 g/mol. The number of hydrogen-bond acceptors (Lipinski definition) is 3. The van der Waals surface area contributed by atoms with Crippen molar-refractivity contribution in [2.45, 2.75) is 25.7 Å². The third-order valence-electron chi connectivity index (χ3n) is 3.59. The number of likely N-dealkylation sites (tertiary alicyclic amines) is 1. The van der Waals surface area contributed by atoms with Gasteiger partial charge in [-0.1, -0.05) is 30.3 Å². The lowest BCUT2D eigenvalue weighted by molar-refractivity contribution is 0.331. The Balaban J connectivity index is 2.16. The summed E-state index contributed by atoms with van der Waals surface area (Å²) in [5.41, 5.74) is 1.10. The summed E-state index contributed by atoms with van der Waals surface area (Å²) in [6.07, 6.45) is 5.89. The molecule has 1 aromatic rings. The predicted molar refractivity (Wildman–Crippen MR) is 77.7 cm³/mol. The van der Waals surface area contributed by atoms with Crippen LogP contribution in [0, 0.1) is 28.7 Å². The molecule has 0 saturated carbocycles. The summed E-state index contributed by atoms with van der Waals surface area (Å²) in [7, 11) is 0. The lowest BCUT2D eigenvalue weighted by Gasteiger charge is -2.31. The summed E-state index contributed by atoms with van der Waals surface area (Å²) in [6.45, 7) is 1.79. The maximum absolute atomic E-state index is 9.45. The number of piperidine rings is 1. The molecule has 2 rings (SSSR count). The van der Waals surface area contributed by atoms with Crippen molar-refractivity contribution in [1.82, 2.24) is 4.90 Å². The molecule has 4 heteroatoms. The van der Waals surface area contributed by atoms with Gasteiger partial charge in [0.15, 0.2) is 0 Å². The zero-order valence-corrected chi connectivity index (χ0v) is 11.5. The van der Waals surface area contributed by atoms with Gasteiger partial charge < -0.3 is 4.90 Å². The fraction of sp³-hybridized carbons (Fsp3) is 0.438. The van der Waals surface area contributed by atoms with Crippen molar-refractivity contribution >= 4 is 5.84 Å². The zero-order valence-electron chi connectivity index (χ0n) is 11.5. The minimum Gasteiger partial charge on any atom is -0.358 e. The molecule has 0 spiro atoms. The first-order valence-electron chi connectivity index (χ1n) is 7.00. The standard InChI is InChI=1S/C16H18N4/c17-12-15(11-14-7-3-1-4-8-14)16(19-13-18)20-9-5-2-6-10-20/h1,3-4,7-8,15H,2,5-6,9-11H2. The quantitative estimate of drug-likeness (QED) is 0.480. The molecule has 1 atom stereocenters. The largest absolute Gasteiger partial charge is 0.358 e. The van der Waals surface area contributed by atoms with E-state index < -0.39 is 0 Å². The van der Waals surface area contributed by atoms with Gasteiger partial charge in [0.05, 0.1) is 6.07 Å². The molecule has 102 valence electrons. The van der Waals surface area contributed by atoms with E-state index in [1.807, 2.05) is 36.5 Å². The molecule has 20 heavy (non-hydrogen) atoms. The normalized spacial score (nSPS) is 17.1. The first-order chi connectivity index (χ1) is 9.85. The van der Waals surface area contributed by atoms with Gasteiger partial charge in [0.2, 0.25) is 6.19 Å². The molecule has 0 radical (unpaired) electrons. The van der Waals surface area contributed by atoms with Crippen molar-refractivity contribution in [2.75, 3.05) is 13.1 Å². The maximum Gasteiger partial charge on any atom is 0.207 e. The number of hydrogen-bond donors (Lipinski definition) is 0. The highest BCUT2D eigenvalue weighted by Crippen LogP contribution is 2.17. The molecule has 0 amide bonds. The molecule has 0 aliphatic carbocycles. The predicted octanol–water partition coefficient (Wildman–Crippen LogP) is 2.73. The smallest absolute Gasteiger partial charge is 0.207 e. The maximum atomic E-state index is 9.45. The lowest BCUT2D eigenvalue weighted by Crippen LogP contribution is -2.40. The number of rotatable bonds is 3. The molecule has 0 bridgehead atoms. The number of benzene rings is 1. The SMILES string of the molecule is N#CN=C(C(C#N)Cc1ccccc1)N1CCCCC1. The Bertz CT molecular complexity index is 530. The van der Waals surface area contributed by atoms with Gasteiger partial charge in [-0.2, -0.15) is 15.5 Å². The van der Waals surface area contributed by atoms with E-state index in [0.29, 0.717) is 12.3 Å². The second kappa shape index (κ2) is 7.31. The van der Waals surface area contributed by atoms with Crippen LogP contribution in [0.15, 0.2) is 35.3 Å². The highest BCUT2D eigenvalue weighted by molar-refractivity contribution is 5.88. The second-order valence-corrected chi connectivity index (χ2v) is 4.99. The lowest BCUT2D eigenvalue weighted by atomic mass is 9.97. The van der Waals surface area contributed by atoms with Crippen LogP contribution in [-0.2, 0) is 6.42 Å². The molecule has 4 nitrogen and oxygen atoms in total. The van der Waals surface area contributed by atoms with E-state index in [1.165, 1.54) is 6.42 Å². The first kappa shape index (κ1) is 14.1. The second-order valence-electron chi connectivity index (χ2n) is 4.99. The topological polar surface area (TPSA) is 63.2 Å². The minimum atomic E-state index is -0.352. The van der Waals surface area contributed by atoms with Crippen molar-refractivity contribution < 1.29 is 0 Å². The van der Waals surface area contributed by atoms with Crippen LogP contribution in [0.2, 0.25) is 0 Å². The summed E-state index contributed by atoms with van der Waals surface area (Å²) >= 11 is 0. The third-order valence-corrected chi connectivity index (χ3v) is 3.59. The number of nitriles is 2. The van der Waals surface area contributed by atoms with Crippen molar-refractivity contribution in [3.63, 3.8) is 0 Å². The van der Waals surface area contributed by atoms with Gasteiger partial charge in [0.1, 0.15) is 11.8 Å². The van der Waals surface area contributed by atoms with Crippen LogP contribution in [0.25, 0.3) is 0 Å². The van der Waals surface area contributed by atoms with Crippen molar-refractivity contribution in [3.8, 4) is 12.3 Å². The van der Waals surface area contributed by atoms with Crippen LogP contribution < -0.4 is 0 Å². The van der Waals surface area contributed by atoms with Gasteiger partial charge >= 0.3 is 0 Å². The molecule has 1 aliphatic heterocycles. The average Bonchev–Trinajstić information content (AvgIpc) is 2.52. The minimum absolute atomic E-state index is 0.352. The van der Waals surface area contributed by atoms with Gasteiger partial charge in [-0.05, 0) is 31.2 Å². The Labute approximate surface area is 120 Å². The third kappa shape index (κ3) is 3.59. The van der Waals surface area contributed by atoms with E-state index in [-0.39, 0.29) is 5.92 Å². The van der Waals surface area contributed by atoms with Gasteiger partial charge in [-0.3, -0.25) is 0 Å². The van der Waals surface area contributed by atoms with E-state index >= 15 is 0 Å². The monoisotopic (exact) mass is 266 g/mol. The van der Waals surface area contributed by atoms with Crippen LogP contribution in [0.1, 0.15) is 24.8 Å². The molecule has 0 aromatic heterocycles. The van der Waals surface area contributed by atoms with E-state index in [4.69, 9.17) is 5.26 Å². The van der Waals surface area contributed by atoms with Gasteiger partial charge in [0.25, 0.3) is 0 Å². The Morgan fingerprint density at radius 1 is 1.15 bits per heavy atom. The molecule has 0 N–H and O–H groups in total. The summed E-state index contributed by atoms with van der Waals surface area (Å²) < 4.78 is 0. The van der Waals surface area contributed by atoms with E-state index in [1.54, 1.807) is 0 Å². The first-order valence-corrected chi connectivity index (χ1v) is 7.00. The van der Waals surface area contributed by atoms with E-state index in [0.717, 1.165) is 31.5 Å². The summed E-state index contributed by atoms with van der Waals surface area (Å²) in [5, 5.41) is 18.4. The summed E-state index contributed by atoms with van der Waals surface area (Å²) in [6, 6.07) is 12.2. The Hall–Kier alpha value is -2.33. The molecule has 1 fully saturated rings. The number of aliphatic imine (C=N–C) groups is 1. The van der Waals surface area contributed by atoms with Crippen LogP contribution in [0.5, 0.6) is 0 Å². The Morgan fingerprint density at radius 2 is 1.85 bits per heavy atom. The highest BCUT2D eigenvalue weighted by Gasteiger charge is 2.23. The van der Waals surface area contributed by atoms with E-state index in [2.05, 4.69) is 16.0 Å². The van der Waals surface area contributed by atoms with Crippen LogP contribution >= 0.6 is 0 Å². The van der Waals surface area contributed by atoms with Gasteiger partial charge in [0, 0.05) is 13.1 Å². The number of nitrogens with zero attached hydrogens (tertiary/aromatic N) is 4. The van der Waals surface area contributed by atoms with E-state index in [9.17, 15) is 5.26 Å². The molecule has 1 unspecified atom stereocenters. The molecule has 1 aromatic carbocycles. The van der Waals surface area contributed by atoms with Crippen LogP contribution in [-0.4, -0.2) is 23.8 Å². The van der Waals surface area contributed by atoms with Crippen molar-refractivity contribution in [1.29, 1.82) is 10.5 Å². The molecular formula is C16H18N4. The Kier molecular flexibility index (Phi) is 5.15. The zero-order chi connectivity index (χ0) is 14.2. The van der Waals surface area contributed by atoms with Crippen LogP contribution in [0.3, 0.4) is 0 Å². The Morgan fingerprint density at radius 3 is 2.45 bits per heavy atom. The molecule has 1 aliphatic rings. The average molecular weight is 266 g/mol. The molecule has 1 saturated heterocycles. The van der Waals surface area contributed by atoms with Gasteiger partial charge in [-0.25, -0.2) is 0 Å². The molecule has 1 heterocycles. The van der Waals surface area contributed by atoms with Crippen LogP contribution in [0.4, 0.5) is 0 Å². The fourth-order valence-electron chi connectivity index (χ4n) is 2.59. The van der Waals surface area contributed by atoms with Crippen molar-refractivity contribution in [3.05, 3.63) is 35.9 Å². The number of amidine groups is 1.